The fourth-order valence-electron chi connectivity index (χ4n) is 4.52. The number of nitrogens with zero attached hydrogens (tertiary/aromatic N) is 5. The lowest BCUT2D eigenvalue weighted by atomic mass is 9.95. The van der Waals surface area contributed by atoms with Crippen molar-refractivity contribution in [2.45, 2.75) is 31.8 Å². The number of anilines is 1. The van der Waals surface area contributed by atoms with Gasteiger partial charge >= 0.3 is 0 Å². The molecule has 0 N–H and O–H groups in total. The Kier molecular flexibility index (Phi) is 4.76. The number of aromatic nitrogens is 2. The van der Waals surface area contributed by atoms with Crippen LogP contribution in [0, 0.1) is 5.92 Å². The molecule has 1 aromatic rings. The maximum atomic E-state index is 13.1. The summed E-state index contributed by atoms with van der Waals surface area (Å²) in [4.78, 5) is 40.3. The topological polar surface area (TPSA) is 78.9 Å². The van der Waals surface area contributed by atoms with E-state index in [9.17, 15) is 9.59 Å². The predicted octanol–water partition coefficient (Wildman–Crippen LogP) is 0.151. The van der Waals surface area contributed by atoms with Gasteiger partial charge in [-0.25, -0.2) is 9.97 Å². The third-order valence-electron chi connectivity index (χ3n) is 5.68. The molecule has 3 fully saturated rings. The van der Waals surface area contributed by atoms with Gasteiger partial charge in [0.1, 0.15) is 6.54 Å². The fourth-order valence-corrected chi connectivity index (χ4v) is 4.52. The highest BCUT2D eigenvalue weighted by atomic mass is 16.5. The normalized spacial score (nSPS) is 29.0. The van der Waals surface area contributed by atoms with Crippen molar-refractivity contribution in [1.82, 2.24) is 19.8 Å². The molecule has 0 spiro atoms. The van der Waals surface area contributed by atoms with Gasteiger partial charge < -0.3 is 19.4 Å². The Labute approximate surface area is 153 Å². The molecule has 4 rings (SSSR count). The van der Waals surface area contributed by atoms with E-state index in [0.717, 1.165) is 6.42 Å². The summed E-state index contributed by atoms with van der Waals surface area (Å²) < 4.78 is 5.36. The van der Waals surface area contributed by atoms with E-state index in [1.807, 2.05) is 14.7 Å². The van der Waals surface area contributed by atoms with E-state index in [1.165, 1.54) is 0 Å². The summed E-state index contributed by atoms with van der Waals surface area (Å²) in [7, 11) is 0. The van der Waals surface area contributed by atoms with Gasteiger partial charge in [0.25, 0.3) is 0 Å². The molecule has 26 heavy (non-hydrogen) atoms. The molecule has 0 aliphatic carbocycles. The Balaban J connectivity index is 1.52. The van der Waals surface area contributed by atoms with Crippen LogP contribution in [0.15, 0.2) is 18.5 Å². The number of ether oxygens (including phenoxy) is 1. The summed E-state index contributed by atoms with van der Waals surface area (Å²) >= 11 is 0. The van der Waals surface area contributed by atoms with E-state index < -0.39 is 0 Å². The van der Waals surface area contributed by atoms with Crippen LogP contribution >= 0.6 is 0 Å². The van der Waals surface area contributed by atoms with Crippen molar-refractivity contribution in [1.29, 1.82) is 0 Å². The molecule has 3 atom stereocenters. The quantitative estimate of drug-likeness (QED) is 0.765. The SMILES string of the molecule is CC[C@@H]1[C@H](C(=O)N2CCOCC2)C[C@@H]2CN(c3ncccn3)CC(=O)N21. The second-order valence-corrected chi connectivity index (χ2v) is 7.14. The van der Waals surface area contributed by atoms with Crippen molar-refractivity contribution < 1.29 is 14.3 Å². The first kappa shape index (κ1) is 17.2. The molecule has 8 nitrogen and oxygen atoms in total. The monoisotopic (exact) mass is 359 g/mol. The molecule has 0 aromatic carbocycles. The van der Waals surface area contributed by atoms with Gasteiger partial charge in [-0.1, -0.05) is 6.92 Å². The predicted molar refractivity (Wildman–Crippen MR) is 94.5 cm³/mol. The zero-order valence-electron chi connectivity index (χ0n) is 15.1. The van der Waals surface area contributed by atoms with Crippen LogP contribution in [0.5, 0.6) is 0 Å². The summed E-state index contributed by atoms with van der Waals surface area (Å²) in [6.07, 6.45) is 4.88. The van der Waals surface area contributed by atoms with E-state index in [2.05, 4.69) is 16.9 Å². The Morgan fingerprint density at radius 3 is 2.69 bits per heavy atom. The van der Waals surface area contributed by atoms with Gasteiger partial charge in [0.2, 0.25) is 17.8 Å². The summed E-state index contributed by atoms with van der Waals surface area (Å²) in [5.41, 5.74) is 0. The molecule has 4 heterocycles. The van der Waals surface area contributed by atoms with Gasteiger partial charge in [-0.3, -0.25) is 9.59 Å². The Morgan fingerprint density at radius 2 is 2.00 bits per heavy atom. The van der Waals surface area contributed by atoms with E-state index in [4.69, 9.17) is 4.74 Å². The molecular weight excluding hydrogens is 334 g/mol. The molecule has 0 radical (unpaired) electrons. The zero-order valence-corrected chi connectivity index (χ0v) is 15.1. The van der Waals surface area contributed by atoms with Gasteiger partial charge in [-0.05, 0) is 18.9 Å². The molecule has 140 valence electrons. The zero-order chi connectivity index (χ0) is 18.1. The second-order valence-electron chi connectivity index (χ2n) is 7.14. The Hall–Kier alpha value is -2.22. The lowest BCUT2D eigenvalue weighted by Gasteiger charge is -2.40. The molecule has 3 aliphatic rings. The molecule has 2 amide bonds. The van der Waals surface area contributed by atoms with Crippen LogP contribution in [0.25, 0.3) is 0 Å². The third kappa shape index (κ3) is 3.02. The minimum atomic E-state index is -0.122. The lowest BCUT2D eigenvalue weighted by Crippen LogP contribution is -2.57. The largest absolute Gasteiger partial charge is 0.378 e. The third-order valence-corrected chi connectivity index (χ3v) is 5.68. The first-order valence-corrected chi connectivity index (χ1v) is 9.38. The van der Waals surface area contributed by atoms with Gasteiger partial charge in [0.05, 0.1) is 25.2 Å². The van der Waals surface area contributed by atoms with Crippen LogP contribution in [-0.2, 0) is 14.3 Å². The molecule has 1 aromatic heterocycles. The molecule has 0 saturated carbocycles. The van der Waals surface area contributed by atoms with Crippen LogP contribution in [0.1, 0.15) is 19.8 Å². The fraction of sp³-hybridized carbons (Fsp3) is 0.667. The highest BCUT2D eigenvalue weighted by molar-refractivity contribution is 5.86. The first-order chi connectivity index (χ1) is 12.7. The van der Waals surface area contributed by atoms with Crippen molar-refractivity contribution in [2.75, 3.05) is 44.3 Å². The average Bonchev–Trinajstić information content (AvgIpc) is 3.08. The van der Waals surface area contributed by atoms with Crippen LogP contribution in [0.3, 0.4) is 0 Å². The van der Waals surface area contributed by atoms with E-state index >= 15 is 0 Å². The number of rotatable bonds is 3. The van der Waals surface area contributed by atoms with Crippen LogP contribution in [0.2, 0.25) is 0 Å². The number of fused-ring (bicyclic) bond motifs is 1. The molecule has 0 bridgehead atoms. The van der Waals surface area contributed by atoms with Crippen LogP contribution < -0.4 is 4.90 Å². The standard InChI is InChI=1S/C18H25N5O3/c1-2-15-14(17(25)21-6-8-26-9-7-21)10-13-11-22(12-16(24)23(13)15)18-19-4-3-5-20-18/h3-5,13-15H,2,6-12H2,1H3/t13-,14-,15-/m1/s1. The smallest absolute Gasteiger partial charge is 0.242 e. The highest BCUT2D eigenvalue weighted by Gasteiger charge is 2.49. The first-order valence-electron chi connectivity index (χ1n) is 9.38. The maximum absolute atomic E-state index is 13.1. The van der Waals surface area contributed by atoms with E-state index in [-0.39, 0.29) is 36.4 Å². The van der Waals surface area contributed by atoms with Crippen molar-refractivity contribution in [2.24, 2.45) is 5.92 Å². The van der Waals surface area contributed by atoms with Gasteiger partial charge in [-0.15, -0.1) is 0 Å². The average molecular weight is 359 g/mol. The number of amides is 2. The number of carbonyl (C=O) groups is 2. The lowest BCUT2D eigenvalue weighted by molar-refractivity contribution is -0.141. The molecule has 3 saturated heterocycles. The second kappa shape index (κ2) is 7.19. The molecule has 3 aliphatic heterocycles. The molecular formula is C18H25N5O3. The summed E-state index contributed by atoms with van der Waals surface area (Å²) in [6, 6.07) is 1.79. The van der Waals surface area contributed by atoms with E-state index in [1.54, 1.807) is 18.5 Å². The number of morpholine rings is 1. The van der Waals surface area contributed by atoms with Crippen molar-refractivity contribution in [3.63, 3.8) is 0 Å². The molecule has 8 heteroatoms. The maximum Gasteiger partial charge on any atom is 0.242 e. The van der Waals surface area contributed by atoms with Gasteiger partial charge in [0, 0.05) is 38.1 Å². The minimum Gasteiger partial charge on any atom is -0.378 e. The van der Waals surface area contributed by atoms with Gasteiger partial charge in [0.15, 0.2) is 0 Å². The number of hydrogen-bond donors (Lipinski definition) is 0. The van der Waals surface area contributed by atoms with Crippen molar-refractivity contribution >= 4 is 17.8 Å². The Bertz CT molecular complexity index is 664. The summed E-state index contributed by atoms with van der Waals surface area (Å²) in [5.74, 6) is 0.697. The summed E-state index contributed by atoms with van der Waals surface area (Å²) in [5, 5.41) is 0. The number of carbonyl (C=O) groups excluding carboxylic acids is 2. The highest BCUT2D eigenvalue weighted by Crippen LogP contribution is 2.36. The van der Waals surface area contributed by atoms with Crippen molar-refractivity contribution in [3.05, 3.63) is 18.5 Å². The number of piperazine rings is 1. The molecule has 0 unspecified atom stereocenters. The summed E-state index contributed by atoms with van der Waals surface area (Å²) in [6.45, 7) is 5.50. The van der Waals surface area contributed by atoms with Crippen molar-refractivity contribution in [3.8, 4) is 0 Å². The Morgan fingerprint density at radius 1 is 1.27 bits per heavy atom. The van der Waals surface area contributed by atoms with Crippen LogP contribution in [0.4, 0.5) is 5.95 Å². The van der Waals surface area contributed by atoms with E-state index in [0.29, 0.717) is 45.2 Å². The van der Waals surface area contributed by atoms with Crippen LogP contribution in [-0.4, -0.2) is 83.1 Å². The number of hydrogen-bond acceptors (Lipinski definition) is 6. The van der Waals surface area contributed by atoms with Gasteiger partial charge in [-0.2, -0.15) is 0 Å². The minimum absolute atomic E-state index is 0.0123.